The molecule has 0 saturated carbocycles. The number of fused-ring (bicyclic) bond motifs is 2. The summed E-state index contributed by atoms with van der Waals surface area (Å²) in [5, 5.41) is 10.3. The fraction of sp³-hybridized carbons (Fsp3) is 0.333. The first-order chi connectivity index (χ1) is 13.3. The van der Waals surface area contributed by atoms with Gasteiger partial charge in [0, 0.05) is 48.9 Å². The molecule has 27 heavy (non-hydrogen) atoms. The summed E-state index contributed by atoms with van der Waals surface area (Å²) >= 11 is 1.75. The van der Waals surface area contributed by atoms with Gasteiger partial charge in [-0.1, -0.05) is 30.3 Å². The van der Waals surface area contributed by atoms with Crippen LogP contribution in [0.5, 0.6) is 0 Å². The van der Waals surface area contributed by atoms with E-state index in [0.717, 1.165) is 48.3 Å². The molecule has 6 heteroatoms. The topological polar surface area (TPSA) is 53.1 Å². The molecule has 2 aromatic heterocycles. The third-order valence-corrected chi connectivity index (χ3v) is 6.29. The number of hydrogen-bond donors (Lipinski definition) is 2. The van der Waals surface area contributed by atoms with E-state index in [4.69, 9.17) is 4.98 Å². The van der Waals surface area contributed by atoms with Gasteiger partial charge >= 0.3 is 0 Å². The summed E-state index contributed by atoms with van der Waals surface area (Å²) in [7, 11) is 0. The molecule has 2 aliphatic heterocycles. The Morgan fingerprint density at radius 3 is 2.96 bits per heavy atom. The summed E-state index contributed by atoms with van der Waals surface area (Å²) in [6, 6.07) is 15.9. The Morgan fingerprint density at radius 2 is 2.15 bits per heavy atom. The van der Waals surface area contributed by atoms with Gasteiger partial charge in [0.2, 0.25) is 0 Å². The number of nitrogens with zero attached hydrogens (tertiary/aromatic N) is 3. The zero-order valence-corrected chi connectivity index (χ0v) is 16.0. The van der Waals surface area contributed by atoms with Gasteiger partial charge in [0.25, 0.3) is 0 Å². The van der Waals surface area contributed by atoms with Crippen molar-refractivity contribution in [2.45, 2.75) is 24.9 Å². The summed E-state index contributed by atoms with van der Waals surface area (Å²) in [5.41, 5.74) is 3.50. The summed E-state index contributed by atoms with van der Waals surface area (Å²) in [6.45, 7) is 3.04. The molecular formula is C21H23N5S. The first-order valence-electron chi connectivity index (χ1n) is 9.55. The van der Waals surface area contributed by atoms with Crippen LogP contribution in [0.4, 0.5) is 10.9 Å². The van der Waals surface area contributed by atoms with Crippen molar-refractivity contribution in [3.05, 3.63) is 59.6 Å². The predicted molar refractivity (Wildman–Crippen MR) is 112 cm³/mol. The van der Waals surface area contributed by atoms with Crippen LogP contribution in [0, 0.1) is 0 Å². The van der Waals surface area contributed by atoms with Crippen molar-refractivity contribution in [2.24, 2.45) is 0 Å². The molecule has 5 nitrogen and oxygen atoms in total. The average Bonchev–Trinajstić information content (AvgIpc) is 3.46. The van der Waals surface area contributed by atoms with Crippen molar-refractivity contribution in [2.75, 3.05) is 29.9 Å². The normalized spacial score (nSPS) is 21.0. The Balaban J connectivity index is 1.25. The lowest BCUT2D eigenvalue weighted by atomic mass is 10.1. The monoisotopic (exact) mass is 377 g/mol. The Bertz CT molecular complexity index is 910. The summed E-state index contributed by atoms with van der Waals surface area (Å²) in [6.07, 6.45) is 4.10. The van der Waals surface area contributed by atoms with Crippen molar-refractivity contribution in [3.8, 4) is 11.3 Å². The van der Waals surface area contributed by atoms with E-state index >= 15 is 0 Å². The molecule has 3 aromatic rings. The Kier molecular flexibility index (Phi) is 4.51. The van der Waals surface area contributed by atoms with Gasteiger partial charge in [0.05, 0.1) is 5.69 Å². The van der Waals surface area contributed by atoms with E-state index in [0.29, 0.717) is 12.1 Å². The Morgan fingerprint density at radius 1 is 1.22 bits per heavy atom. The first kappa shape index (κ1) is 16.7. The lowest BCUT2D eigenvalue weighted by Crippen LogP contribution is -2.43. The van der Waals surface area contributed by atoms with Gasteiger partial charge in [0.15, 0.2) is 5.13 Å². The van der Waals surface area contributed by atoms with Gasteiger partial charge in [-0.05, 0) is 30.5 Å². The third-order valence-electron chi connectivity index (χ3n) is 5.41. The molecule has 2 unspecified atom stereocenters. The van der Waals surface area contributed by atoms with E-state index in [1.807, 2.05) is 18.3 Å². The maximum atomic E-state index is 4.91. The number of rotatable bonds is 6. The maximum absolute atomic E-state index is 4.91. The number of hydrogen-bond acceptors (Lipinski definition) is 6. The first-order valence-corrected chi connectivity index (χ1v) is 10.4. The van der Waals surface area contributed by atoms with Crippen LogP contribution in [0.2, 0.25) is 0 Å². The highest BCUT2D eigenvalue weighted by Crippen LogP contribution is 2.34. The van der Waals surface area contributed by atoms with Gasteiger partial charge < -0.3 is 15.5 Å². The Labute approximate surface area is 163 Å². The predicted octanol–water partition coefficient (Wildman–Crippen LogP) is 3.41. The van der Waals surface area contributed by atoms with Gasteiger partial charge in [-0.2, -0.15) is 0 Å². The van der Waals surface area contributed by atoms with Crippen LogP contribution < -0.4 is 15.5 Å². The fourth-order valence-corrected chi connectivity index (χ4v) is 4.91. The van der Waals surface area contributed by atoms with Crippen LogP contribution in [-0.4, -0.2) is 41.7 Å². The van der Waals surface area contributed by atoms with Crippen molar-refractivity contribution < 1.29 is 0 Å². The highest BCUT2D eigenvalue weighted by atomic mass is 32.1. The van der Waals surface area contributed by atoms with Crippen LogP contribution in [0.1, 0.15) is 12.0 Å². The number of anilines is 2. The molecule has 0 radical (unpaired) electrons. The highest BCUT2D eigenvalue weighted by Gasteiger charge is 2.38. The smallest absolute Gasteiger partial charge is 0.186 e. The molecule has 4 heterocycles. The van der Waals surface area contributed by atoms with E-state index in [2.05, 4.69) is 56.2 Å². The summed E-state index contributed by atoms with van der Waals surface area (Å²) < 4.78 is 0. The number of pyridine rings is 1. The molecule has 0 aliphatic carbocycles. The third kappa shape index (κ3) is 3.55. The second-order valence-corrected chi connectivity index (χ2v) is 8.09. The van der Waals surface area contributed by atoms with Gasteiger partial charge in [0.1, 0.15) is 5.82 Å². The number of piperazine rings is 1. The average molecular weight is 378 g/mol. The molecule has 138 valence electrons. The number of thiazole rings is 1. The summed E-state index contributed by atoms with van der Waals surface area (Å²) in [4.78, 5) is 11.8. The SMILES string of the molecule is c1ccc(CCNc2cc(-c3csc(N4CC5CC4CN5)n3)ccn2)cc1. The number of aromatic nitrogens is 2. The van der Waals surface area contributed by atoms with Crippen LogP contribution >= 0.6 is 11.3 Å². The molecule has 2 bridgehead atoms. The quantitative estimate of drug-likeness (QED) is 0.689. The molecular weight excluding hydrogens is 354 g/mol. The molecule has 2 fully saturated rings. The van der Waals surface area contributed by atoms with Crippen molar-refractivity contribution in [3.63, 3.8) is 0 Å². The zero-order valence-electron chi connectivity index (χ0n) is 15.1. The molecule has 2 aliphatic rings. The van der Waals surface area contributed by atoms with Crippen LogP contribution in [-0.2, 0) is 6.42 Å². The van der Waals surface area contributed by atoms with Crippen LogP contribution in [0.3, 0.4) is 0 Å². The largest absolute Gasteiger partial charge is 0.370 e. The van der Waals surface area contributed by atoms with E-state index < -0.39 is 0 Å². The minimum Gasteiger partial charge on any atom is -0.370 e. The van der Waals surface area contributed by atoms with Gasteiger partial charge in [-0.3, -0.25) is 0 Å². The highest BCUT2D eigenvalue weighted by molar-refractivity contribution is 7.14. The standard InChI is InChI=1S/C21H23N5S/c1-2-4-15(5-3-1)6-8-22-20-10-16(7-9-23-20)19-14-27-21(25-19)26-13-17-11-18(26)12-24-17/h1-5,7,9-10,14,17-18,24H,6,8,11-13H2,(H,22,23). The lowest BCUT2D eigenvalue weighted by molar-refractivity contribution is 0.579. The van der Waals surface area contributed by atoms with Crippen LogP contribution in [0.15, 0.2) is 54.0 Å². The number of nitrogens with one attached hydrogen (secondary N) is 2. The molecule has 1 aromatic carbocycles. The summed E-state index contributed by atoms with van der Waals surface area (Å²) in [5.74, 6) is 0.905. The second-order valence-electron chi connectivity index (χ2n) is 7.25. The van der Waals surface area contributed by atoms with Crippen LogP contribution in [0.25, 0.3) is 11.3 Å². The van der Waals surface area contributed by atoms with Gasteiger partial charge in [-0.15, -0.1) is 11.3 Å². The van der Waals surface area contributed by atoms with Crippen molar-refractivity contribution in [1.29, 1.82) is 0 Å². The molecule has 2 atom stereocenters. The molecule has 2 N–H and O–H groups in total. The Hall–Kier alpha value is -2.44. The van der Waals surface area contributed by atoms with Gasteiger partial charge in [-0.25, -0.2) is 9.97 Å². The van der Waals surface area contributed by atoms with Crippen molar-refractivity contribution >= 4 is 22.3 Å². The fourth-order valence-electron chi connectivity index (χ4n) is 3.99. The minimum absolute atomic E-state index is 0.613. The van der Waals surface area contributed by atoms with E-state index in [1.165, 1.54) is 12.0 Å². The van der Waals surface area contributed by atoms with E-state index in [1.54, 1.807) is 11.3 Å². The second kappa shape index (κ2) is 7.29. The lowest BCUT2D eigenvalue weighted by Gasteiger charge is -2.26. The molecule has 0 spiro atoms. The van der Waals surface area contributed by atoms with E-state index in [9.17, 15) is 0 Å². The van der Waals surface area contributed by atoms with E-state index in [-0.39, 0.29) is 0 Å². The molecule has 5 rings (SSSR count). The maximum Gasteiger partial charge on any atom is 0.186 e. The zero-order chi connectivity index (χ0) is 18.1. The van der Waals surface area contributed by atoms with Crippen molar-refractivity contribution in [1.82, 2.24) is 15.3 Å². The molecule has 2 saturated heterocycles. The number of benzene rings is 1. The molecule has 0 amide bonds. The minimum atomic E-state index is 0.613.